The van der Waals surface area contributed by atoms with Crippen molar-refractivity contribution in [3.8, 4) is 5.75 Å². The van der Waals surface area contributed by atoms with E-state index in [4.69, 9.17) is 4.74 Å². The van der Waals surface area contributed by atoms with E-state index in [9.17, 15) is 18.0 Å². The van der Waals surface area contributed by atoms with Gasteiger partial charge >= 0.3 is 12.3 Å². The monoisotopic (exact) mass is 313 g/mol. The molecule has 1 aromatic carbocycles. The van der Waals surface area contributed by atoms with E-state index in [1.165, 1.54) is 24.3 Å². The number of nitrogens with zero attached hydrogens (tertiary/aromatic N) is 1. The van der Waals surface area contributed by atoms with Crippen molar-refractivity contribution in [1.29, 1.82) is 0 Å². The highest BCUT2D eigenvalue weighted by atomic mass is 19.4. The van der Waals surface area contributed by atoms with E-state index < -0.39 is 17.9 Å². The molecule has 7 heteroatoms. The molecule has 4 nitrogen and oxygen atoms in total. The molecular formula is C15H14F3NO3. The molecule has 1 saturated carbocycles. The standard InChI is InChI=1S/C15H14F3NO3/c16-15(17,18)22-11-6-4-5-10(9-11)12-19-14(13(20)21-12)7-2-1-3-8-14/h4-6,9H,1-3,7-8H2. The van der Waals surface area contributed by atoms with E-state index in [1.807, 2.05) is 0 Å². The lowest BCUT2D eigenvalue weighted by Gasteiger charge is -2.25. The van der Waals surface area contributed by atoms with Crippen molar-refractivity contribution in [2.45, 2.75) is 44.0 Å². The molecule has 22 heavy (non-hydrogen) atoms. The average Bonchev–Trinajstić information content (AvgIpc) is 2.75. The molecule has 1 spiro atoms. The molecule has 1 fully saturated rings. The van der Waals surface area contributed by atoms with Crippen molar-refractivity contribution < 1.29 is 27.4 Å². The van der Waals surface area contributed by atoms with Gasteiger partial charge in [-0.25, -0.2) is 9.79 Å². The Morgan fingerprint density at radius 2 is 1.91 bits per heavy atom. The third-order valence-corrected chi connectivity index (χ3v) is 3.88. The number of esters is 1. The van der Waals surface area contributed by atoms with Crippen LogP contribution in [0.4, 0.5) is 13.2 Å². The van der Waals surface area contributed by atoms with Crippen LogP contribution in [0.25, 0.3) is 0 Å². The number of carbonyl (C=O) groups is 1. The molecule has 3 rings (SSSR count). The Morgan fingerprint density at radius 1 is 1.18 bits per heavy atom. The van der Waals surface area contributed by atoms with Gasteiger partial charge in [-0.15, -0.1) is 13.2 Å². The number of aliphatic imine (C=N–C) groups is 1. The Kier molecular flexibility index (Phi) is 3.58. The lowest BCUT2D eigenvalue weighted by atomic mass is 9.83. The van der Waals surface area contributed by atoms with Crippen LogP contribution in [-0.2, 0) is 9.53 Å². The molecule has 0 bridgehead atoms. The third kappa shape index (κ3) is 2.93. The third-order valence-electron chi connectivity index (χ3n) is 3.88. The number of alkyl halides is 3. The molecule has 1 aliphatic heterocycles. The number of carbonyl (C=O) groups excluding carboxylic acids is 1. The number of hydrogen-bond donors (Lipinski definition) is 0. The van der Waals surface area contributed by atoms with E-state index in [2.05, 4.69) is 9.73 Å². The first-order chi connectivity index (χ1) is 10.4. The van der Waals surface area contributed by atoms with E-state index >= 15 is 0 Å². The fourth-order valence-electron chi connectivity index (χ4n) is 2.85. The topological polar surface area (TPSA) is 47.9 Å². The normalized spacial score (nSPS) is 20.7. The molecule has 0 N–H and O–H groups in total. The van der Waals surface area contributed by atoms with E-state index in [0.717, 1.165) is 19.3 Å². The molecule has 118 valence electrons. The summed E-state index contributed by atoms with van der Waals surface area (Å²) >= 11 is 0. The summed E-state index contributed by atoms with van der Waals surface area (Å²) in [6.45, 7) is 0. The van der Waals surface area contributed by atoms with Gasteiger partial charge in [-0.2, -0.15) is 0 Å². The summed E-state index contributed by atoms with van der Waals surface area (Å²) in [6, 6.07) is 5.29. The largest absolute Gasteiger partial charge is 0.573 e. The van der Waals surface area contributed by atoms with Gasteiger partial charge in [-0.05, 0) is 31.0 Å². The molecular weight excluding hydrogens is 299 g/mol. The molecule has 0 radical (unpaired) electrons. The van der Waals surface area contributed by atoms with Crippen molar-refractivity contribution in [2.75, 3.05) is 0 Å². The molecule has 0 saturated heterocycles. The van der Waals surface area contributed by atoms with Crippen molar-refractivity contribution in [1.82, 2.24) is 0 Å². The van der Waals surface area contributed by atoms with E-state index in [1.54, 1.807) is 0 Å². The second-order valence-electron chi connectivity index (χ2n) is 5.47. The molecule has 0 amide bonds. The Labute approximate surface area is 124 Å². The Balaban J connectivity index is 1.87. The number of halogens is 3. The van der Waals surface area contributed by atoms with Gasteiger partial charge in [0, 0.05) is 5.56 Å². The van der Waals surface area contributed by atoms with Crippen LogP contribution in [0, 0.1) is 0 Å². The predicted octanol–water partition coefficient (Wildman–Crippen LogP) is 3.59. The molecule has 0 unspecified atom stereocenters. The summed E-state index contributed by atoms with van der Waals surface area (Å²) in [6.07, 6.45) is -0.694. The predicted molar refractivity (Wildman–Crippen MR) is 71.6 cm³/mol. The van der Waals surface area contributed by atoms with Crippen LogP contribution in [0.15, 0.2) is 29.3 Å². The van der Waals surface area contributed by atoms with Crippen LogP contribution in [0.5, 0.6) is 5.75 Å². The van der Waals surface area contributed by atoms with Gasteiger partial charge in [-0.1, -0.05) is 25.3 Å². The van der Waals surface area contributed by atoms with E-state index in [-0.39, 0.29) is 11.6 Å². The highest BCUT2D eigenvalue weighted by Crippen LogP contribution is 2.37. The van der Waals surface area contributed by atoms with E-state index in [0.29, 0.717) is 18.4 Å². The molecule has 1 aromatic rings. The van der Waals surface area contributed by atoms with Gasteiger partial charge < -0.3 is 9.47 Å². The summed E-state index contributed by atoms with van der Waals surface area (Å²) in [4.78, 5) is 16.5. The molecule has 2 aliphatic rings. The lowest BCUT2D eigenvalue weighted by molar-refractivity contribution is -0.274. The Bertz CT molecular complexity index is 619. The van der Waals surface area contributed by atoms with Crippen LogP contribution in [0.2, 0.25) is 0 Å². The fraction of sp³-hybridized carbons (Fsp3) is 0.467. The van der Waals surface area contributed by atoms with Crippen LogP contribution < -0.4 is 4.74 Å². The maximum atomic E-state index is 12.3. The molecule has 1 aliphatic carbocycles. The zero-order valence-electron chi connectivity index (χ0n) is 11.7. The van der Waals surface area contributed by atoms with Crippen molar-refractivity contribution in [3.05, 3.63) is 29.8 Å². The van der Waals surface area contributed by atoms with Gasteiger partial charge in [0.2, 0.25) is 5.90 Å². The number of benzene rings is 1. The minimum atomic E-state index is -4.77. The van der Waals surface area contributed by atoms with Gasteiger partial charge in [-0.3, -0.25) is 0 Å². The molecule has 0 aromatic heterocycles. The van der Waals surface area contributed by atoms with Crippen molar-refractivity contribution in [2.24, 2.45) is 4.99 Å². The number of rotatable bonds is 2. The minimum Gasteiger partial charge on any atom is -0.406 e. The molecule has 1 heterocycles. The highest BCUT2D eigenvalue weighted by molar-refractivity contribution is 6.08. The van der Waals surface area contributed by atoms with Crippen molar-refractivity contribution in [3.63, 3.8) is 0 Å². The lowest BCUT2D eigenvalue weighted by Crippen LogP contribution is -2.35. The van der Waals surface area contributed by atoms with Crippen LogP contribution in [0.1, 0.15) is 37.7 Å². The zero-order chi connectivity index (χ0) is 15.8. The minimum absolute atomic E-state index is 0.0690. The first-order valence-corrected chi connectivity index (χ1v) is 7.06. The maximum Gasteiger partial charge on any atom is 0.573 e. The SMILES string of the molecule is O=C1OC(c2cccc(OC(F)(F)F)c2)=NC12CCCCC2. The smallest absolute Gasteiger partial charge is 0.406 e. The highest BCUT2D eigenvalue weighted by Gasteiger charge is 2.46. The summed E-state index contributed by atoms with van der Waals surface area (Å²) in [5.41, 5.74) is -0.549. The molecule has 0 atom stereocenters. The van der Waals surface area contributed by atoms with Crippen LogP contribution in [0.3, 0.4) is 0 Å². The Morgan fingerprint density at radius 3 is 2.59 bits per heavy atom. The number of ether oxygens (including phenoxy) is 2. The van der Waals surface area contributed by atoms with Gasteiger partial charge in [0.05, 0.1) is 0 Å². The maximum absolute atomic E-state index is 12.3. The zero-order valence-corrected chi connectivity index (χ0v) is 11.7. The van der Waals surface area contributed by atoms with Gasteiger partial charge in [0.25, 0.3) is 0 Å². The second-order valence-corrected chi connectivity index (χ2v) is 5.47. The number of cyclic esters (lactones) is 1. The fourth-order valence-corrected chi connectivity index (χ4v) is 2.85. The van der Waals surface area contributed by atoms with Crippen molar-refractivity contribution >= 4 is 11.9 Å². The summed E-state index contributed by atoms with van der Waals surface area (Å²) < 4.78 is 45.9. The first kappa shape index (κ1) is 14.9. The average molecular weight is 313 g/mol. The van der Waals surface area contributed by atoms with Crippen LogP contribution in [-0.4, -0.2) is 23.8 Å². The summed E-state index contributed by atoms with van der Waals surface area (Å²) in [5, 5.41) is 0. The van der Waals surface area contributed by atoms with Gasteiger partial charge in [0.1, 0.15) is 5.75 Å². The number of hydrogen-bond acceptors (Lipinski definition) is 4. The second kappa shape index (κ2) is 5.30. The van der Waals surface area contributed by atoms with Gasteiger partial charge in [0.15, 0.2) is 5.54 Å². The summed E-state index contributed by atoms with van der Waals surface area (Å²) in [7, 11) is 0. The Hall–Kier alpha value is -2.05. The first-order valence-electron chi connectivity index (χ1n) is 7.06. The quantitative estimate of drug-likeness (QED) is 0.784. The van der Waals surface area contributed by atoms with Crippen LogP contribution >= 0.6 is 0 Å². The summed E-state index contributed by atoms with van der Waals surface area (Å²) in [5.74, 6) is -0.711.